The average Bonchev–Trinajstić information content (AvgIpc) is 2.38. The van der Waals surface area contributed by atoms with Gasteiger partial charge in [-0.2, -0.15) is 0 Å². The van der Waals surface area contributed by atoms with E-state index in [1.165, 1.54) is 25.3 Å². The molecule has 0 aromatic rings. The molecule has 1 saturated carbocycles. The molecule has 0 aromatic carbocycles. The number of carboxylic acid groups (broad SMARTS) is 1. The van der Waals surface area contributed by atoms with E-state index in [2.05, 4.69) is 17.9 Å². The number of carbonyl (C=O) groups is 2. The van der Waals surface area contributed by atoms with Crippen molar-refractivity contribution in [2.45, 2.75) is 45.1 Å². The third kappa shape index (κ3) is 9.88. The van der Waals surface area contributed by atoms with E-state index in [9.17, 15) is 9.59 Å². The third-order valence-corrected chi connectivity index (χ3v) is 2.50. The first kappa shape index (κ1) is 17.2. The molecule has 0 heterocycles. The van der Waals surface area contributed by atoms with Crippen molar-refractivity contribution in [3.05, 3.63) is 24.8 Å². The minimum atomic E-state index is -1.26. The summed E-state index contributed by atoms with van der Waals surface area (Å²) in [4.78, 5) is 20.6. The summed E-state index contributed by atoms with van der Waals surface area (Å²) in [6.45, 7) is 8.54. The van der Waals surface area contributed by atoms with Gasteiger partial charge < -0.3 is 14.6 Å². The van der Waals surface area contributed by atoms with Crippen molar-refractivity contribution in [2.24, 2.45) is 0 Å². The Morgan fingerprint density at radius 1 is 1.32 bits per heavy atom. The SMILES string of the molecule is C=C(C)C(=O)OC1CCCCC1.C=CCOC(=O)O. The minimum absolute atomic E-state index is 0.0648. The lowest BCUT2D eigenvalue weighted by Crippen LogP contribution is -2.20. The molecule has 0 saturated heterocycles. The van der Waals surface area contributed by atoms with Crippen LogP contribution in [0.3, 0.4) is 0 Å². The van der Waals surface area contributed by atoms with Gasteiger partial charge in [-0.05, 0) is 32.6 Å². The molecular weight excluding hydrogens is 248 g/mol. The van der Waals surface area contributed by atoms with E-state index in [1.807, 2.05) is 0 Å². The number of rotatable bonds is 4. The van der Waals surface area contributed by atoms with Crippen LogP contribution >= 0.6 is 0 Å². The topological polar surface area (TPSA) is 72.8 Å². The lowest BCUT2D eigenvalue weighted by atomic mass is 9.98. The van der Waals surface area contributed by atoms with Gasteiger partial charge >= 0.3 is 12.1 Å². The van der Waals surface area contributed by atoms with Crippen LogP contribution in [0.1, 0.15) is 39.0 Å². The number of ether oxygens (including phenoxy) is 2. The molecule has 0 amide bonds. The van der Waals surface area contributed by atoms with Gasteiger partial charge in [0.1, 0.15) is 12.7 Å². The van der Waals surface area contributed by atoms with Gasteiger partial charge in [0, 0.05) is 5.57 Å². The van der Waals surface area contributed by atoms with Crippen molar-refractivity contribution in [3.63, 3.8) is 0 Å². The summed E-state index contributed by atoms with van der Waals surface area (Å²) in [5.74, 6) is -0.234. The molecule has 5 heteroatoms. The molecule has 0 bridgehead atoms. The summed E-state index contributed by atoms with van der Waals surface area (Å²) < 4.78 is 9.20. The van der Waals surface area contributed by atoms with Crippen LogP contribution in [0.4, 0.5) is 4.79 Å². The van der Waals surface area contributed by atoms with Crippen LogP contribution in [-0.4, -0.2) is 29.9 Å². The molecule has 1 N–H and O–H groups in total. The van der Waals surface area contributed by atoms with E-state index in [-0.39, 0.29) is 18.7 Å². The van der Waals surface area contributed by atoms with Crippen molar-refractivity contribution < 1.29 is 24.2 Å². The second-order valence-electron chi connectivity index (χ2n) is 4.31. The van der Waals surface area contributed by atoms with Crippen molar-refractivity contribution in [2.75, 3.05) is 6.61 Å². The van der Waals surface area contributed by atoms with Gasteiger partial charge in [0.05, 0.1) is 0 Å². The molecule has 108 valence electrons. The Morgan fingerprint density at radius 2 is 1.89 bits per heavy atom. The van der Waals surface area contributed by atoms with E-state index in [1.54, 1.807) is 6.92 Å². The molecule has 0 radical (unpaired) electrons. The fourth-order valence-corrected chi connectivity index (χ4v) is 1.57. The lowest BCUT2D eigenvalue weighted by molar-refractivity contribution is -0.145. The van der Waals surface area contributed by atoms with E-state index < -0.39 is 6.16 Å². The van der Waals surface area contributed by atoms with Crippen molar-refractivity contribution in [3.8, 4) is 0 Å². The van der Waals surface area contributed by atoms with Gasteiger partial charge in [0.15, 0.2) is 0 Å². The van der Waals surface area contributed by atoms with Crippen LogP contribution in [0, 0.1) is 0 Å². The zero-order valence-corrected chi connectivity index (χ0v) is 11.4. The molecule has 1 aliphatic rings. The molecule has 0 aliphatic heterocycles. The summed E-state index contributed by atoms with van der Waals surface area (Å²) in [7, 11) is 0. The summed E-state index contributed by atoms with van der Waals surface area (Å²) in [5.41, 5.74) is 0.501. The summed E-state index contributed by atoms with van der Waals surface area (Å²) in [6.07, 6.45) is 5.97. The molecule has 0 atom stereocenters. The van der Waals surface area contributed by atoms with Gasteiger partial charge in [-0.25, -0.2) is 9.59 Å². The van der Waals surface area contributed by atoms with Gasteiger partial charge in [0.25, 0.3) is 0 Å². The quantitative estimate of drug-likeness (QED) is 0.482. The van der Waals surface area contributed by atoms with E-state index in [4.69, 9.17) is 9.84 Å². The van der Waals surface area contributed by atoms with Crippen LogP contribution in [0.2, 0.25) is 0 Å². The van der Waals surface area contributed by atoms with E-state index >= 15 is 0 Å². The highest BCUT2D eigenvalue weighted by atomic mass is 16.7. The van der Waals surface area contributed by atoms with Crippen LogP contribution < -0.4 is 0 Å². The van der Waals surface area contributed by atoms with Crippen LogP contribution in [-0.2, 0) is 14.3 Å². The zero-order chi connectivity index (χ0) is 14.7. The van der Waals surface area contributed by atoms with Gasteiger partial charge in [-0.3, -0.25) is 0 Å². The Kier molecular flexibility index (Phi) is 9.22. The molecular formula is C14H22O5. The third-order valence-electron chi connectivity index (χ3n) is 2.50. The molecule has 0 unspecified atom stereocenters. The highest BCUT2D eigenvalue weighted by molar-refractivity contribution is 5.87. The Bertz CT molecular complexity index is 316. The number of carbonyl (C=O) groups excluding carboxylic acids is 1. The first-order chi connectivity index (χ1) is 8.97. The highest BCUT2D eigenvalue weighted by Gasteiger charge is 2.17. The maximum Gasteiger partial charge on any atom is 0.506 e. The number of hydrogen-bond donors (Lipinski definition) is 1. The Balaban J connectivity index is 0.000000399. The van der Waals surface area contributed by atoms with Crippen molar-refractivity contribution in [1.29, 1.82) is 0 Å². The smallest absolute Gasteiger partial charge is 0.459 e. The molecule has 0 spiro atoms. The maximum atomic E-state index is 11.1. The van der Waals surface area contributed by atoms with Gasteiger partial charge in [-0.1, -0.05) is 25.7 Å². The lowest BCUT2D eigenvalue weighted by Gasteiger charge is -2.21. The first-order valence-corrected chi connectivity index (χ1v) is 6.30. The van der Waals surface area contributed by atoms with Crippen LogP contribution in [0.5, 0.6) is 0 Å². The fourth-order valence-electron chi connectivity index (χ4n) is 1.57. The standard InChI is InChI=1S/C10H16O2.C4H6O3/c1-8(2)10(11)12-9-6-4-3-5-7-9;1-2-3-7-4(5)6/h9H,1,3-7H2,2H3;2H,1,3H2,(H,5,6). The predicted molar refractivity (Wildman–Crippen MR) is 72.0 cm³/mol. The number of esters is 1. The molecule has 5 nitrogen and oxygen atoms in total. The minimum Gasteiger partial charge on any atom is -0.459 e. The second kappa shape index (κ2) is 10.2. The van der Waals surface area contributed by atoms with E-state index in [0.29, 0.717) is 5.57 Å². The molecule has 1 aliphatic carbocycles. The molecule has 19 heavy (non-hydrogen) atoms. The molecule has 0 aromatic heterocycles. The van der Waals surface area contributed by atoms with Crippen LogP contribution in [0.25, 0.3) is 0 Å². The summed E-state index contributed by atoms with van der Waals surface area (Å²) >= 11 is 0. The summed E-state index contributed by atoms with van der Waals surface area (Å²) in [5, 5.41) is 7.77. The maximum absolute atomic E-state index is 11.1. The van der Waals surface area contributed by atoms with Crippen LogP contribution in [0.15, 0.2) is 24.8 Å². The first-order valence-electron chi connectivity index (χ1n) is 6.30. The monoisotopic (exact) mass is 270 g/mol. The highest BCUT2D eigenvalue weighted by Crippen LogP contribution is 2.20. The largest absolute Gasteiger partial charge is 0.506 e. The van der Waals surface area contributed by atoms with Gasteiger partial charge in [0.2, 0.25) is 0 Å². The Labute approximate surface area is 113 Å². The Hall–Kier alpha value is -1.78. The zero-order valence-electron chi connectivity index (χ0n) is 11.4. The normalized spacial score (nSPS) is 14.6. The Morgan fingerprint density at radius 3 is 2.26 bits per heavy atom. The number of hydrogen-bond acceptors (Lipinski definition) is 4. The predicted octanol–water partition coefficient (Wildman–Crippen LogP) is 3.31. The summed E-state index contributed by atoms with van der Waals surface area (Å²) in [6, 6.07) is 0. The van der Waals surface area contributed by atoms with Crippen molar-refractivity contribution >= 4 is 12.1 Å². The molecule has 1 fully saturated rings. The van der Waals surface area contributed by atoms with Crippen molar-refractivity contribution in [1.82, 2.24) is 0 Å². The fraction of sp³-hybridized carbons (Fsp3) is 0.571. The average molecular weight is 270 g/mol. The second-order valence-corrected chi connectivity index (χ2v) is 4.31. The van der Waals surface area contributed by atoms with E-state index in [0.717, 1.165) is 12.8 Å². The van der Waals surface area contributed by atoms with Gasteiger partial charge in [-0.15, -0.1) is 0 Å². The molecule has 1 rings (SSSR count).